The van der Waals surface area contributed by atoms with Gasteiger partial charge in [0, 0.05) is 30.3 Å². The Bertz CT molecular complexity index is 1090. The molecule has 36 heavy (non-hydrogen) atoms. The molecule has 0 aliphatic carbocycles. The molecule has 2 unspecified atom stereocenters. The molecule has 2 amide bonds. The maximum atomic E-state index is 14.8. The number of hydrogen-bond acceptors (Lipinski definition) is 5. The van der Waals surface area contributed by atoms with Crippen LogP contribution in [0.4, 0.5) is 27.6 Å². The van der Waals surface area contributed by atoms with Gasteiger partial charge < -0.3 is 25.2 Å². The summed E-state index contributed by atoms with van der Waals surface area (Å²) in [5.74, 6) is -4.16. The van der Waals surface area contributed by atoms with Crippen LogP contribution < -0.4 is 15.4 Å². The Kier molecular flexibility index (Phi) is 8.85. The monoisotopic (exact) mass is 516 g/mol. The van der Waals surface area contributed by atoms with Gasteiger partial charge in [0.05, 0.1) is 18.6 Å². The first kappa shape index (κ1) is 27.3. The van der Waals surface area contributed by atoms with Crippen LogP contribution in [-0.4, -0.2) is 49.4 Å². The number of nitrogens with one attached hydrogen (secondary N) is 2. The first-order valence-electron chi connectivity index (χ1n) is 11.1. The largest absolute Gasteiger partial charge is 0.491 e. The van der Waals surface area contributed by atoms with E-state index in [9.17, 15) is 31.5 Å². The van der Waals surface area contributed by atoms with Crippen molar-refractivity contribution in [2.75, 3.05) is 31.7 Å². The van der Waals surface area contributed by atoms with Crippen molar-refractivity contribution in [3.05, 3.63) is 58.7 Å². The summed E-state index contributed by atoms with van der Waals surface area (Å²) in [5.41, 5.74) is -1.69. The summed E-state index contributed by atoms with van der Waals surface area (Å²) in [5, 5.41) is 13.6. The van der Waals surface area contributed by atoms with Crippen LogP contribution in [0.3, 0.4) is 0 Å². The average Bonchev–Trinajstić information content (AvgIpc) is 2.81. The minimum atomic E-state index is -4.81. The summed E-state index contributed by atoms with van der Waals surface area (Å²) < 4.78 is 79.8. The fourth-order valence-corrected chi connectivity index (χ4v) is 3.89. The molecule has 0 aromatic heterocycles. The highest BCUT2D eigenvalue weighted by Gasteiger charge is 2.35. The highest BCUT2D eigenvalue weighted by atomic mass is 19.4. The molecule has 2 aromatic rings. The Hall–Kier alpha value is -3.25. The van der Waals surface area contributed by atoms with Crippen LogP contribution in [0.2, 0.25) is 0 Å². The number of rotatable bonds is 9. The van der Waals surface area contributed by atoms with Crippen molar-refractivity contribution < 1.29 is 46.1 Å². The van der Waals surface area contributed by atoms with E-state index in [0.29, 0.717) is 12.7 Å². The number of aliphatic hydroxyl groups excluding tert-OH is 1. The lowest BCUT2D eigenvalue weighted by Gasteiger charge is -2.29. The van der Waals surface area contributed by atoms with Crippen LogP contribution in [0.15, 0.2) is 30.3 Å². The normalized spacial score (nSPS) is 18.0. The molecule has 196 valence electrons. The molecule has 0 radical (unpaired) electrons. The molecule has 1 fully saturated rings. The van der Waals surface area contributed by atoms with Gasteiger partial charge in [-0.05, 0) is 49.2 Å². The molecule has 0 saturated carbocycles. The van der Waals surface area contributed by atoms with Crippen molar-refractivity contribution in [1.82, 2.24) is 5.32 Å². The number of alkyl halides is 3. The van der Waals surface area contributed by atoms with Gasteiger partial charge in [-0.25, -0.2) is 8.78 Å². The van der Waals surface area contributed by atoms with Crippen LogP contribution in [0, 0.1) is 11.6 Å². The van der Waals surface area contributed by atoms with Crippen LogP contribution in [-0.2, 0) is 26.9 Å². The van der Waals surface area contributed by atoms with Crippen molar-refractivity contribution in [3.8, 4) is 5.75 Å². The second-order valence-corrected chi connectivity index (χ2v) is 8.09. The Morgan fingerprint density at radius 3 is 2.50 bits per heavy atom. The fourth-order valence-electron chi connectivity index (χ4n) is 3.89. The van der Waals surface area contributed by atoms with E-state index in [4.69, 9.17) is 14.6 Å². The zero-order chi connectivity index (χ0) is 26.5. The van der Waals surface area contributed by atoms with Gasteiger partial charge in [-0.15, -0.1) is 0 Å². The molecule has 7 nitrogen and oxygen atoms in total. The number of ether oxygens (including phenoxy) is 2. The van der Waals surface area contributed by atoms with E-state index in [1.165, 1.54) is 0 Å². The summed E-state index contributed by atoms with van der Waals surface area (Å²) in [6, 6.07) is 4.90. The maximum absolute atomic E-state index is 14.8. The van der Waals surface area contributed by atoms with Crippen molar-refractivity contribution in [1.29, 1.82) is 0 Å². The molecule has 1 heterocycles. The molecule has 1 aliphatic heterocycles. The third-order valence-corrected chi connectivity index (χ3v) is 5.57. The van der Waals surface area contributed by atoms with Gasteiger partial charge >= 0.3 is 6.18 Å². The average molecular weight is 516 g/mol. The third kappa shape index (κ3) is 6.70. The SMILES string of the molecule is CCOC1CC(c2cc(F)c(CC(=O)Nc3ccc(OCCO)c(C(F)(F)F)c3)c(F)c2)CNC1=O. The van der Waals surface area contributed by atoms with Gasteiger partial charge in [0.1, 0.15) is 30.1 Å². The number of benzene rings is 2. The Balaban J connectivity index is 1.73. The first-order chi connectivity index (χ1) is 17.0. The highest BCUT2D eigenvalue weighted by Crippen LogP contribution is 2.38. The number of piperidine rings is 1. The van der Waals surface area contributed by atoms with Crippen molar-refractivity contribution in [2.45, 2.75) is 38.0 Å². The van der Waals surface area contributed by atoms with Crippen LogP contribution in [0.1, 0.15) is 36.0 Å². The van der Waals surface area contributed by atoms with E-state index in [0.717, 1.165) is 24.3 Å². The van der Waals surface area contributed by atoms with Gasteiger partial charge in [-0.2, -0.15) is 13.2 Å². The van der Waals surface area contributed by atoms with E-state index in [1.54, 1.807) is 6.92 Å². The van der Waals surface area contributed by atoms with Crippen molar-refractivity contribution in [3.63, 3.8) is 0 Å². The van der Waals surface area contributed by atoms with E-state index in [1.807, 2.05) is 0 Å². The molecule has 0 bridgehead atoms. The zero-order valence-electron chi connectivity index (χ0n) is 19.3. The van der Waals surface area contributed by atoms with Gasteiger partial charge in [0.2, 0.25) is 11.8 Å². The topological polar surface area (TPSA) is 96.9 Å². The summed E-state index contributed by atoms with van der Waals surface area (Å²) in [6.45, 7) is 1.33. The number of anilines is 1. The van der Waals surface area contributed by atoms with Gasteiger partial charge in [0.25, 0.3) is 0 Å². The molecule has 1 saturated heterocycles. The summed E-state index contributed by atoms with van der Waals surface area (Å²) in [7, 11) is 0. The Morgan fingerprint density at radius 1 is 1.19 bits per heavy atom. The molecular weight excluding hydrogens is 491 g/mol. The van der Waals surface area contributed by atoms with Gasteiger partial charge in [-0.3, -0.25) is 9.59 Å². The fraction of sp³-hybridized carbons (Fsp3) is 0.417. The molecule has 12 heteroatoms. The quantitative estimate of drug-likeness (QED) is 0.443. The van der Waals surface area contributed by atoms with E-state index >= 15 is 0 Å². The Morgan fingerprint density at radius 2 is 1.89 bits per heavy atom. The van der Waals surface area contributed by atoms with E-state index in [2.05, 4.69) is 10.6 Å². The minimum Gasteiger partial charge on any atom is -0.491 e. The lowest BCUT2D eigenvalue weighted by Crippen LogP contribution is -2.45. The summed E-state index contributed by atoms with van der Waals surface area (Å²) in [6.07, 6.45) is -6.07. The van der Waals surface area contributed by atoms with Crippen LogP contribution >= 0.6 is 0 Å². The number of hydrogen-bond donors (Lipinski definition) is 3. The molecule has 3 N–H and O–H groups in total. The number of carbonyl (C=O) groups excluding carboxylic acids is 2. The predicted molar refractivity (Wildman–Crippen MR) is 118 cm³/mol. The summed E-state index contributed by atoms with van der Waals surface area (Å²) >= 11 is 0. The molecule has 3 rings (SSSR count). The molecule has 1 aliphatic rings. The molecule has 2 aromatic carbocycles. The first-order valence-corrected chi connectivity index (χ1v) is 11.1. The maximum Gasteiger partial charge on any atom is 0.420 e. The Labute approximate surface area is 203 Å². The second kappa shape index (κ2) is 11.7. The number of amides is 2. The van der Waals surface area contributed by atoms with Gasteiger partial charge in [0.15, 0.2) is 0 Å². The lowest BCUT2D eigenvalue weighted by molar-refractivity contribution is -0.139. The minimum absolute atomic E-state index is 0.167. The second-order valence-electron chi connectivity index (χ2n) is 8.09. The smallest absolute Gasteiger partial charge is 0.420 e. The molecule has 0 spiro atoms. The van der Waals surface area contributed by atoms with Crippen molar-refractivity contribution in [2.24, 2.45) is 0 Å². The standard InChI is InChI=1S/C24H25F5N2O5/c1-2-35-21-9-14(12-30-23(21)34)13-7-18(25)16(19(26)8-13)11-22(33)31-15-3-4-20(36-6-5-32)17(10-15)24(27,28)29/h3-4,7-8,10,14,21,32H,2,5-6,9,11-12H2,1H3,(H,30,34)(H,31,33). The van der Waals surface area contributed by atoms with Crippen molar-refractivity contribution >= 4 is 17.5 Å². The molecular formula is C24H25F5N2O5. The zero-order valence-corrected chi connectivity index (χ0v) is 19.3. The third-order valence-electron chi connectivity index (χ3n) is 5.57. The van der Waals surface area contributed by atoms with Crippen LogP contribution in [0.5, 0.6) is 5.75 Å². The predicted octanol–water partition coefficient (Wildman–Crippen LogP) is 3.54. The summed E-state index contributed by atoms with van der Waals surface area (Å²) in [4.78, 5) is 24.2. The molecule has 2 atom stereocenters. The van der Waals surface area contributed by atoms with Gasteiger partial charge in [-0.1, -0.05) is 0 Å². The highest BCUT2D eigenvalue weighted by molar-refractivity contribution is 5.92. The number of aliphatic hydroxyl groups is 1. The van der Waals surface area contributed by atoms with Crippen LogP contribution in [0.25, 0.3) is 0 Å². The number of carbonyl (C=O) groups is 2. The van der Waals surface area contributed by atoms with E-state index < -0.39 is 65.6 Å². The lowest BCUT2D eigenvalue weighted by atomic mass is 9.88. The number of halogens is 5. The van der Waals surface area contributed by atoms with E-state index in [-0.39, 0.29) is 36.7 Å².